The zero-order valence-corrected chi connectivity index (χ0v) is 10.7. The molecule has 90 valence electrons. The number of nitrogens with zero attached hydrogens (tertiary/aromatic N) is 1. The summed E-state index contributed by atoms with van der Waals surface area (Å²) in [7, 11) is 0. The summed E-state index contributed by atoms with van der Waals surface area (Å²) >= 11 is 0. The van der Waals surface area contributed by atoms with Crippen molar-refractivity contribution >= 4 is 0 Å². The number of rotatable bonds is 5. The van der Waals surface area contributed by atoms with E-state index in [4.69, 9.17) is 4.74 Å². The van der Waals surface area contributed by atoms with Gasteiger partial charge in [0, 0.05) is 6.61 Å². The van der Waals surface area contributed by atoms with Gasteiger partial charge in [-0.1, -0.05) is 6.42 Å². The van der Waals surface area contributed by atoms with Gasteiger partial charge < -0.3 is 9.64 Å². The van der Waals surface area contributed by atoms with E-state index in [2.05, 4.69) is 25.7 Å². The molecule has 0 unspecified atom stereocenters. The molecule has 15 heavy (non-hydrogen) atoms. The minimum Gasteiger partial charge on any atom is -0.376 e. The standard InChI is InChI=1S/C13H27NO/c1-13(2,3)15-12-8-7-11-14-9-5-4-6-10-14/h4-12H2,1-3H3. The molecule has 1 heterocycles. The SMILES string of the molecule is CC(C)(C)OCCCCN1CCCCC1. The van der Waals surface area contributed by atoms with Crippen molar-refractivity contribution in [1.29, 1.82) is 0 Å². The minimum absolute atomic E-state index is 0.0329. The van der Waals surface area contributed by atoms with E-state index >= 15 is 0 Å². The fraction of sp³-hybridized carbons (Fsp3) is 1.00. The van der Waals surface area contributed by atoms with Crippen LogP contribution in [-0.4, -0.2) is 36.7 Å². The maximum atomic E-state index is 5.70. The van der Waals surface area contributed by atoms with Crippen LogP contribution in [0.15, 0.2) is 0 Å². The van der Waals surface area contributed by atoms with Gasteiger partial charge in [-0.25, -0.2) is 0 Å². The summed E-state index contributed by atoms with van der Waals surface area (Å²) in [6.45, 7) is 11.2. The zero-order valence-electron chi connectivity index (χ0n) is 10.7. The Bertz CT molecular complexity index is 156. The van der Waals surface area contributed by atoms with Gasteiger partial charge in [-0.05, 0) is 66.1 Å². The molecule has 0 radical (unpaired) electrons. The van der Waals surface area contributed by atoms with E-state index in [-0.39, 0.29) is 5.60 Å². The predicted molar refractivity (Wildman–Crippen MR) is 65.2 cm³/mol. The Balaban J connectivity index is 1.92. The number of hydrogen-bond donors (Lipinski definition) is 0. The molecule has 0 saturated carbocycles. The second-order valence-corrected chi connectivity index (χ2v) is 5.57. The summed E-state index contributed by atoms with van der Waals surface area (Å²) in [6, 6.07) is 0. The maximum Gasteiger partial charge on any atom is 0.0598 e. The average Bonchev–Trinajstić information content (AvgIpc) is 2.17. The van der Waals surface area contributed by atoms with Gasteiger partial charge in [0.05, 0.1) is 5.60 Å². The Labute approximate surface area is 95.0 Å². The highest BCUT2D eigenvalue weighted by atomic mass is 16.5. The number of hydrogen-bond acceptors (Lipinski definition) is 2. The fourth-order valence-electron chi connectivity index (χ4n) is 2.00. The van der Waals surface area contributed by atoms with Crippen LogP contribution in [0.4, 0.5) is 0 Å². The van der Waals surface area contributed by atoms with E-state index < -0.39 is 0 Å². The molecule has 0 N–H and O–H groups in total. The fourth-order valence-corrected chi connectivity index (χ4v) is 2.00. The molecule has 0 amide bonds. The summed E-state index contributed by atoms with van der Waals surface area (Å²) in [5.74, 6) is 0. The summed E-state index contributed by atoms with van der Waals surface area (Å²) in [5, 5.41) is 0. The van der Waals surface area contributed by atoms with Crippen molar-refractivity contribution in [2.24, 2.45) is 0 Å². The van der Waals surface area contributed by atoms with E-state index in [1.54, 1.807) is 0 Å². The van der Waals surface area contributed by atoms with Crippen LogP contribution in [0.5, 0.6) is 0 Å². The van der Waals surface area contributed by atoms with E-state index in [1.807, 2.05) is 0 Å². The first-order valence-corrected chi connectivity index (χ1v) is 6.44. The first-order valence-electron chi connectivity index (χ1n) is 6.44. The van der Waals surface area contributed by atoms with Crippen molar-refractivity contribution in [3.05, 3.63) is 0 Å². The predicted octanol–water partition coefficient (Wildman–Crippen LogP) is 3.07. The van der Waals surface area contributed by atoms with Gasteiger partial charge in [-0.3, -0.25) is 0 Å². The van der Waals surface area contributed by atoms with Gasteiger partial charge in [0.1, 0.15) is 0 Å². The first-order chi connectivity index (χ1) is 7.08. The van der Waals surface area contributed by atoms with Crippen LogP contribution >= 0.6 is 0 Å². The van der Waals surface area contributed by atoms with Crippen molar-refractivity contribution in [1.82, 2.24) is 4.90 Å². The van der Waals surface area contributed by atoms with Crippen molar-refractivity contribution < 1.29 is 4.74 Å². The quantitative estimate of drug-likeness (QED) is 0.651. The van der Waals surface area contributed by atoms with Gasteiger partial charge in [0.15, 0.2) is 0 Å². The monoisotopic (exact) mass is 213 g/mol. The van der Waals surface area contributed by atoms with Crippen LogP contribution in [0.1, 0.15) is 52.9 Å². The molecule has 0 aromatic rings. The molecule has 0 bridgehead atoms. The highest BCUT2D eigenvalue weighted by Crippen LogP contribution is 2.11. The minimum atomic E-state index is 0.0329. The summed E-state index contributed by atoms with van der Waals surface area (Å²) in [6.07, 6.45) is 6.73. The normalized spacial score (nSPS) is 19.4. The second kappa shape index (κ2) is 6.49. The van der Waals surface area contributed by atoms with Crippen LogP contribution < -0.4 is 0 Å². The van der Waals surface area contributed by atoms with Crippen LogP contribution in [0.2, 0.25) is 0 Å². The average molecular weight is 213 g/mol. The molecule has 0 aromatic carbocycles. The van der Waals surface area contributed by atoms with E-state index in [0.29, 0.717) is 0 Å². The number of ether oxygens (including phenoxy) is 1. The lowest BCUT2D eigenvalue weighted by atomic mass is 10.1. The molecular weight excluding hydrogens is 186 g/mol. The van der Waals surface area contributed by atoms with Crippen molar-refractivity contribution in [2.45, 2.75) is 58.5 Å². The molecule has 2 nitrogen and oxygen atoms in total. The van der Waals surface area contributed by atoms with Crippen LogP contribution in [-0.2, 0) is 4.74 Å². The summed E-state index contributed by atoms with van der Waals surface area (Å²) in [5.41, 5.74) is 0.0329. The van der Waals surface area contributed by atoms with Crippen LogP contribution in [0.3, 0.4) is 0 Å². The highest BCUT2D eigenvalue weighted by molar-refractivity contribution is 4.64. The molecule has 1 rings (SSSR count). The zero-order chi connectivity index (χ0) is 11.1. The Morgan fingerprint density at radius 3 is 2.27 bits per heavy atom. The lowest BCUT2D eigenvalue weighted by molar-refractivity contribution is -0.00541. The Kier molecular flexibility index (Phi) is 5.62. The summed E-state index contributed by atoms with van der Waals surface area (Å²) < 4.78 is 5.70. The van der Waals surface area contributed by atoms with E-state index in [0.717, 1.165) is 6.61 Å². The maximum absolute atomic E-state index is 5.70. The molecular formula is C13H27NO. The van der Waals surface area contributed by atoms with Gasteiger partial charge in [0.2, 0.25) is 0 Å². The molecule has 1 aliphatic heterocycles. The molecule has 0 spiro atoms. The van der Waals surface area contributed by atoms with Gasteiger partial charge in [-0.2, -0.15) is 0 Å². The van der Waals surface area contributed by atoms with Gasteiger partial charge in [0.25, 0.3) is 0 Å². The highest BCUT2D eigenvalue weighted by Gasteiger charge is 2.11. The topological polar surface area (TPSA) is 12.5 Å². The largest absolute Gasteiger partial charge is 0.376 e. The van der Waals surface area contributed by atoms with Crippen molar-refractivity contribution in [3.63, 3.8) is 0 Å². The number of likely N-dealkylation sites (tertiary alicyclic amines) is 1. The second-order valence-electron chi connectivity index (χ2n) is 5.57. The molecule has 1 saturated heterocycles. The Hall–Kier alpha value is -0.0800. The van der Waals surface area contributed by atoms with E-state index in [1.165, 1.54) is 51.7 Å². The number of piperidine rings is 1. The third-order valence-electron chi connectivity index (χ3n) is 2.85. The summed E-state index contributed by atoms with van der Waals surface area (Å²) in [4.78, 5) is 2.60. The smallest absolute Gasteiger partial charge is 0.0598 e. The molecule has 1 fully saturated rings. The first kappa shape index (κ1) is 13.0. The van der Waals surface area contributed by atoms with Gasteiger partial charge in [-0.15, -0.1) is 0 Å². The van der Waals surface area contributed by atoms with Crippen molar-refractivity contribution in [3.8, 4) is 0 Å². The lowest BCUT2D eigenvalue weighted by Crippen LogP contribution is -2.30. The van der Waals surface area contributed by atoms with Gasteiger partial charge >= 0.3 is 0 Å². The third-order valence-corrected chi connectivity index (χ3v) is 2.85. The van der Waals surface area contributed by atoms with Crippen molar-refractivity contribution in [2.75, 3.05) is 26.2 Å². The Morgan fingerprint density at radius 1 is 1.00 bits per heavy atom. The molecule has 1 aliphatic rings. The molecule has 0 aromatic heterocycles. The third kappa shape index (κ3) is 6.91. The molecule has 2 heteroatoms. The molecule has 0 aliphatic carbocycles. The molecule has 0 atom stereocenters. The number of unbranched alkanes of at least 4 members (excludes halogenated alkanes) is 1. The van der Waals surface area contributed by atoms with Crippen LogP contribution in [0, 0.1) is 0 Å². The Morgan fingerprint density at radius 2 is 1.67 bits per heavy atom. The van der Waals surface area contributed by atoms with Crippen LogP contribution in [0.25, 0.3) is 0 Å². The van der Waals surface area contributed by atoms with E-state index in [9.17, 15) is 0 Å². The lowest BCUT2D eigenvalue weighted by Gasteiger charge is -2.26.